The summed E-state index contributed by atoms with van der Waals surface area (Å²) < 4.78 is 2.27. The third-order valence-corrected chi connectivity index (χ3v) is 6.58. The van der Waals surface area contributed by atoms with Crippen LogP contribution >= 0.6 is 0 Å². The van der Waals surface area contributed by atoms with Gasteiger partial charge in [-0.1, -0.05) is 45.4 Å². The van der Waals surface area contributed by atoms with Crippen molar-refractivity contribution in [1.82, 2.24) is 9.47 Å². The molecule has 1 aromatic carbocycles. The van der Waals surface area contributed by atoms with E-state index < -0.39 is 0 Å². The van der Waals surface area contributed by atoms with Gasteiger partial charge in [-0.25, -0.2) is 0 Å². The van der Waals surface area contributed by atoms with E-state index in [2.05, 4.69) is 56.7 Å². The highest BCUT2D eigenvalue weighted by Crippen LogP contribution is 2.39. The highest BCUT2D eigenvalue weighted by molar-refractivity contribution is 5.87. The van der Waals surface area contributed by atoms with Crippen LogP contribution in [0.1, 0.15) is 70.7 Å². The molecule has 4 nitrogen and oxygen atoms in total. The maximum absolute atomic E-state index is 12.5. The van der Waals surface area contributed by atoms with Crippen molar-refractivity contribution in [3.8, 4) is 0 Å². The molecule has 2 heterocycles. The van der Waals surface area contributed by atoms with Crippen molar-refractivity contribution in [2.75, 3.05) is 6.54 Å². The van der Waals surface area contributed by atoms with Crippen molar-refractivity contribution in [1.29, 1.82) is 0 Å². The molecule has 154 valence electrons. The summed E-state index contributed by atoms with van der Waals surface area (Å²) in [6.45, 7) is 9.31. The highest BCUT2D eigenvalue weighted by Gasteiger charge is 2.37. The van der Waals surface area contributed by atoms with E-state index in [1.165, 1.54) is 35.0 Å². The Kier molecular flexibility index (Phi) is 6.49. The van der Waals surface area contributed by atoms with E-state index in [0.717, 1.165) is 25.8 Å². The molecule has 1 aliphatic heterocycles. The van der Waals surface area contributed by atoms with Crippen LogP contribution in [0.2, 0.25) is 0 Å². The quantitative estimate of drug-likeness (QED) is 0.746. The molecule has 1 aromatic heterocycles. The van der Waals surface area contributed by atoms with Crippen molar-refractivity contribution in [2.24, 2.45) is 24.6 Å². The summed E-state index contributed by atoms with van der Waals surface area (Å²) in [5.74, 6) is 1.56. The molecule has 1 aliphatic rings. The topological polar surface area (TPSA) is 51.3 Å². The summed E-state index contributed by atoms with van der Waals surface area (Å²) in [5, 5.41) is 1.31. The van der Waals surface area contributed by atoms with Crippen LogP contribution in [0.15, 0.2) is 24.3 Å². The molecule has 0 aliphatic carbocycles. The first-order valence-corrected chi connectivity index (χ1v) is 10.9. The first-order chi connectivity index (χ1) is 13.3. The Labute approximate surface area is 170 Å². The van der Waals surface area contributed by atoms with Crippen molar-refractivity contribution < 1.29 is 4.79 Å². The summed E-state index contributed by atoms with van der Waals surface area (Å²) in [6, 6.07) is 8.50. The molecular weight excluding hydrogens is 346 g/mol. The summed E-state index contributed by atoms with van der Waals surface area (Å²) >= 11 is 0. The van der Waals surface area contributed by atoms with Gasteiger partial charge in [0.1, 0.15) is 0 Å². The number of benzene rings is 1. The van der Waals surface area contributed by atoms with Crippen LogP contribution in [-0.4, -0.2) is 28.0 Å². The number of amides is 1. The van der Waals surface area contributed by atoms with Gasteiger partial charge in [-0.15, -0.1) is 0 Å². The third kappa shape index (κ3) is 3.98. The summed E-state index contributed by atoms with van der Waals surface area (Å²) in [5.41, 5.74) is 10.7. The lowest BCUT2D eigenvalue weighted by Crippen LogP contribution is -2.47. The number of fused-ring (bicyclic) bond motifs is 3. The van der Waals surface area contributed by atoms with Crippen LogP contribution < -0.4 is 5.73 Å². The minimum atomic E-state index is -0.0350. The van der Waals surface area contributed by atoms with Gasteiger partial charge in [0.15, 0.2) is 0 Å². The molecule has 28 heavy (non-hydrogen) atoms. The summed E-state index contributed by atoms with van der Waals surface area (Å²) in [4.78, 5) is 14.5. The SMILES string of the molecule is CCC(CCC(N)C1c2c(c3ccccc3n2C)CCN1C(C)=O)CC(C)C. The number of carbonyl (C=O) groups is 1. The number of aryl methyl sites for hydroxylation is 1. The molecule has 0 saturated carbocycles. The van der Waals surface area contributed by atoms with E-state index in [1.807, 2.05) is 4.90 Å². The Morgan fingerprint density at radius 2 is 1.96 bits per heavy atom. The van der Waals surface area contributed by atoms with E-state index >= 15 is 0 Å². The van der Waals surface area contributed by atoms with Crippen molar-refractivity contribution in [3.05, 3.63) is 35.5 Å². The number of para-hydroxylation sites is 1. The molecular formula is C24H37N3O. The number of hydrogen-bond donors (Lipinski definition) is 1. The van der Waals surface area contributed by atoms with Crippen LogP contribution in [0.4, 0.5) is 0 Å². The normalized spacial score (nSPS) is 19.1. The molecule has 2 N–H and O–H groups in total. The number of hydrogen-bond acceptors (Lipinski definition) is 2. The van der Waals surface area contributed by atoms with E-state index in [9.17, 15) is 4.79 Å². The molecule has 0 fully saturated rings. The monoisotopic (exact) mass is 383 g/mol. The first-order valence-electron chi connectivity index (χ1n) is 10.9. The smallest absolute Gasteiger partial charge is 0.220 e. The molecule has 2 aromatic rings. The third-order valence-electron chi connectivity index (χ3n) is 6.58. The Balaban J connectivity index is 1.92. The second kappa shape index (κ2) is 8.69. The minimum Gasteiger partial charge on any atom is -0.345 e. The molecule has 0 bridgehead atoms. The predicted octanol–water partition coefficient (Wildman–Crippen LogP) is 4.80. The molecule has 0 saturated heterocycles. The van der Waals surface area contributed by atoms with Gasteiger partial charge in [-0.05, 0) is 49.1 Å². The van der Waals surface area contributed by atoms with Crippen LogP contribution in [-0.2, 0) is 18.3 Å². The predicted molar refractivity (Wildman–Crippen MR) is 117 cm³/mol. The zero-order valence-corrected chi connectivity index (χ0v) is 18.2. The number of nitrogens with two attached hydrogens (primary N) is 1. The van der Waals surface area contributed by atoms with Gasteiger partial charge in [0, 0.05) is 43.2 Å². The second-order valence-electron chi connectivity index (χ2n) is 8.99. The average Bonchev–Trinajstić information content (AvgIpc) is 2.96. The van der Waals surface area contributed by atoms with Gasteiger partial charge in [0.05, 0.1) is 6.04 Å². The second-order valence-corrected chi connectivity index (χ2v) is 8.99. The standard InChI is InChI=1S/C24H37N3O/c1-6-18(15-16(2)3)11-12-21(25)24-23-20(13-14-27(24)17(4)28)19-9-7-8-10-22(19)26(23)5/h7-10,16,18,21,24H,6,11-15,25H2,1-5H3. The van der Waals surface area contributed by atoms with E-state index in [-0.39, 0.29) is 18.0 Å². The lowest BCUT2D eigenvalue weighted by atomic mass is 9.85. The highest BCUT2D eigenvalue weighted by atomic mass is 16.2. The average molecular weight is 384 g/mol. The van der Waals surface area contributed by atoms with Crippen molar-refractivity contribution in [3.63, 3.8) is 0 Å². The van der Waals surface area contributed by atoms with Crippen LogP contribution in [0.25, 0.3) is 10.9 Å². The van der Waals surface area contributed by atoms with Crippen molar-refractivity contribution >= 4 is 16.8 Å². The lowest BCUT2D eigenvalue weighted by molar-refractivity contribution is -0.132. The largest absolute Gasteiger partial charge is 0.345 e. The van der Waals surface area contributed by atoms with Gasteiger partial charge in [-0.3, -0.25) is 4.79 Å². The van der Waals surface area contributed by atoms with Gasteiger partial charge >= 0.3 is 0 Å². The lowest BCUT2D eigenvalue weighted by Gasteiger charge is -2.40. The Hall–Kier alpha value is -1.81. The van der Waals surface area contributed by atoms with Crippen molar-refractivity contribution in [2.45, 2.75) is 71.9 Å². The van der Waals surface area contributed by atoms with Gasteiger partial charge < -0.3 is 15.2 Å². The van der Waals surface area contributed by atoms with Gasteiger partial charge in [0.25, 0.3) is 0 Å². The fourth-order valence-electron chi connectivity index (χ4n) is 5.18. The van der Waals surface area contributed by atoms with Crippen LogP contribution in [0, 0.1) is 11.8 Å². The number of carbonyl (C=O) groups excluding carboxylic acids is 1. The van der Waals surface area contributed by atoms with E-state index in [1.54, 1.807) is 6.92 Å². The first kappa shape index (κ1) is 20.9. The van der Waals surface area contributed by atoms with E-state index in [4.69, 9.17) is 5.73 Å². The number of aromatic nitrogens is 1. The fraction of sp³-hybridized carbons (Fsp3) is 0.625. The molecule has 0 spiro atoms. The molecule has 0 radical (unpaired) electrons. The maximum atomic E-state index is 12.5. The summed E-state index contributed by atoms with van der Waals surface area (Å²) in [6.07, 6.45) is 5.46. The molecule has 3 unspecified atom stereocenters. The maximum Gasteiger partial charge on any atom is 0.220 e. The molecule has 1 amide bonds. The van der Waals surface area contributed by atoms with Crippen LogP contribution in [0.5, 0.6) is 0 Å². The zero-order valence-electron chi connectivity index (χ0n) is 18.2. The van der Waals surface area contributed by atoms with Gasteiger partial charge in [-0.2, -0.15) is 0 Å². The zero-order chi connectivity index (χ0) is 20.4. The minimum absolute atomic E-state index is 0.0322. The molecule has 3 rings (SSSR count). The molecule has 3 atom stereocenters. The Morgan fingerprint density at radius 1 is 1.25 bits per heavy atom. The summed E-state index contributed by atoms with van der Waals surface area (Å²) in [7, 11) is 2.12. The molecule has 4 heteroatoms. The van der Waals surface area contributed by atoms with E-state index in [0.29, 0.717) is 11.8 Å². The number of rotatable bonds is 7. The van der Waals surface area contributed by atoms with Gasteiger partial charge in [0.2, 0.25) is 5.91 Å². The van der Waals surface area contributed by atoms with Crippen LogP contribution in [0.3, 0.4) is 0 Å². The number of nitrogens with zero attached hydrogens (tertiary/aromatic N) is 2. The fourth-order valence-corrected chi connectivity index (χ4v) is 5.18. The Bertz CT molecular complexity index is 823. The Morgan fingerprint density at radius 3 is 2.61 bits per heavy atom.